The second-order valence-corrected chi connectivity index (χ2v) is 6.58. The van der Waals surface area contributed by atoms with Crippen molar-refractivity contribution in [1.82, 2.24) is 15.1 Å². The Morgan fingerprint density at radius 2 is 1.72 bits per heavy atom. The molecule has 5 heteroatoms. The van der Waals surface area contributed by atoms with E-state index in [1.54, 1.807) is 0 Å². The van der Waals surface area contributed by atoms with E-state index in [2.05, 4.69) is 51.5 Å². The Kier molecular flexibility index (Phi) is 6.39. The first-order chi connectivity index (χ1) is 12.3. The van der Waals surface area contributed by atoms with Gasteiger partial charge in [0, 0.05) is 39.3 Å². The predicted molar refractivity (Wildman–Crippen MR) is 101 cm³/mol. The third-order valence-corrected chi connectivity index (χ3v) is 4.84. The fraction of sp³-hybridized carbons (Fsp3) is 0.450. The van der Waals surface area contributed by atoms with E-state index < -0.39 is 0 Å². The lowest BCUT2D eigenvalue weighted by Crippen LogP contribution is -2.50. The lowest BCUT2D eigenvalue weighted by atomic mass is 10.0. The van der Waals surface area contributed by atoms with Crippen LogP contribution >= 0.6 is 0 Å². The second-order valence-electron chi connectivity index (χ2n) is 6.58. The number of fused-ring (bicyclic) bond motifs is 1. The average Bonchev–Trinajstić information content (AvgIpc) is 2.64. The number of piperazine rings is 1. The van der Waals surface area contributed by atoms with Gasteiger partial charge in [-0.2, -0.15) is 0 Å². The molecule has 0 spiro atoms. The molecule has 25 heavy (non-hydrogen) atoms. The molecule has 0 bridgehead atoms. The Morgan fingerprint density at radius 1 is 1.00 bits per heavy atom. The summed E-state index contributed by atoms with van der Waals surface area (Å²) in [6.45, 7) is 5.67. The summed E-state index contributed by atoms with van der Waals surface area (Å²) in [5, 5.41) is 14.5. The molecule has 1 amide bonds. The lowest BCUT2D eigenvalue weighted by Gasteiger charge is -2.33. The first-order valence-corrected chi connectivity index (χ1v) is 9.05. The minimum atomic E-state index is 0.0934. The maximum absolute atomic E-state index is 12.2. The summed E-state index contributed by atoms with van der Waals surface area (Å²) in [5.74, 6) is 0.0934. The van der Waals surface area contributed by atoms with Crippen molar-refractivity contribution < 1.29 is 9.90 Å². The van der Waals surface area contributed by atoms with Crippen molar-refractivity contribution in [3.8, 4) is 0 Å². The standard InChI is InChI=1S/C20H27N3O2/c24-15-14-22-10-12-23(13-11-22)16-20(25)21-9-8-18-6-3-5-17-4-1-2-7-19(17)18/h1-7,24H,8-16H2,(H,21,25). The van der Waals surface area contributed by atoms with Crippen molar-refractivity contribution in [3.63, 3.8) is 0 Å². The number of amides is 1. The molecule has 3 rings (SSSR count). The van der Waals surface area contributed by atoms with Crippen LogP contribution in [0.5, 0.6) is 0 Å². The van der Waals surface area contributed by atoms with Crippen molar-refractivity contribution in [2.45, 2.75) is 6.42 Å². The van der Waals surface area contributed by atoms with Gasteiger partial charge in [-0.15, -0.1) is 0 Å². The molecule has 1 aliphatic heterocycles. The molecule has 0 unspecified atom stereocenters. The highest BCUT2D eigenvalue weighted by molar-refractivity contribution is 5.85. The van der Waals surface area contributed by atoms with E-state index in [1.807, 2.05) is 6.07 Å². The zero-order chi connectivity index (χ0) is 17.5. The van der Waals surface area contributed by atoms with E-state index in [0.717, 1.165) is 39.1 Å². The molecule has 0 saturated carbocycles. The summed E-state index contributed by atoms with van der Waals surface area (Å²) in [4.78, 5) is 16.6. The Balaban J connectivity index is 1.42. The summed E-state index contributed by atoms with van der Waals surface area (Å²) < 4.78 is 0. The number of carbonyl (C=O) groups excluding carboxylic acids is 1. The van der Waals surface area contributed by atoms with Gasteiger partial charge in [-0.25, -0.2) is 0 Å². The zero-order valence-corrected chi connectivity index (χ0v) is 14.7. The maximum Gasteiger partial charge on any atom is 0.234 e. The number of nitrogens with zero attached hydrogens (tertiary/aromatic N) is 2. The molecule has 0 radical (unpaired) electrons. The van der Waals surface area contributed by atoms with Gasteiger partial charge in [0.15, 0.2) is 0 Å². The molecule has 5 nitrogen and oxygen atoms in total. The number of aliphatic hydroxyl groups is 1. The molecule has 0 aromatic heterocycles. The summed E-state index contributed by atoms with van der Waals surface area (Å²) in [5.41, 5.74) is 1.27. The molecule has 0 aliphatic carbocycles. The van der Waals surface area contributed by atoms with Gasteiger partial charge in [0.25, 0.3) is 0 Å². The van der Waals surface area contributed by atoms with Gasteiger partial charge in [-0.1, -0.05) is 42.5 Å². The summed E-state index contributed by atoms with van der Waals surface area (Å²) in [6, 6.07) is 14.7. The molecule has 1 fully saturated rings. The number of carbonyl (C=O) groups is 1. The lowest BCUT2D eigenvalue weighted by molar-refractivity contribution is -0.122. The van der Waals surface area contributed by atoms with Crippen LogP contribution in [-0.2, 0) is 11.2 Å². The van der Waals surface area contributed by atoms with Gasteiger partial charge in [0.1, 0.15) is 0 Å². The predicted octanol–water partition coefficient (Wildman–Crippen LogP) is 1.11. The maximum atomic E-state index is 12.2. The molecule has 2 aromatic carbocycles. The van der Waals surface area contributed by atoms with Crippen LogP contribution in [0, 0.1) is 0 Å². The molecular formula is C20H27N3O2. The van der Waals surface area contributed by atoms with E-state index in [1.165, 1.54) is 16.3 Å². The van der Waals surface area contributed by atoms with E-state index in [9.17, 15) is 4.79 Å². The van der Waals surface area contributed by atoms with Crippen LogP contribution < -0.4 is 5.32 Å². The minimum absolute atomic E-state index is 0.0934. The van der Waals surface area contributed by atoms with Crippen molar-refractivity contribution >= 4 is 16.7 Å². The van der Waals surface area contributed by atoms with E-state index in [-0.39, 0.29) is 12.5 Å². The van der Waals surface area contributed by atoms with Crippen LogP contribution in [0.1, 0.15) is 5.56 Å². The molecule has 0 atom stereocenters. The third kappa shape index (κ3) is 5.01. The highest BCUT2D eigenvalue weighted by Gasteiger charge is 2.18. The first-order valence-electron chi connectivity index (χ1n) is 9.05. The molecule has 1 aliphatic rings. The Labute approximate surface area is 149 Å². The van der Waals surface area contributed by atoms with Crippen LogP contribution in [0.15, 0.2) is 42.5 Å². The summed E-state index contributed by atoms with van der Waals surface area (Å²) in [6.07, 6.45) is 0.845. The van der Waals surface area contributed by atoms with Crippen molar-refractivity contribution in [3.05, 3.63) is 48.0 Å². The van der Waals surface area contributed by atoms with Gasteiger partial charge < -0.3 is 10.4 Å². The van der Waals surface area contributed by atoms with E-state index in [4.69, 9.17) is 5.11 Å². The van der Waals surface area contributed by atoms with Gasteiger partial charge in [0.2, 0.25) is 5.91 Å². The number of rotatable bonds is 7. The SMILES string of the molecule is O=C(CN1CCN(CCO)CC1)NCCc1cccc2ccccc12. The van der Waals surface area contributed by atoms with E-state index >= 15 is 0 Å². The molecule has 1 saturated heterocycles. The molecule has 2 aromatic rings. The Bertz CT molecular complexity index is 691. The number of aliphatic hydroxyl groups excluding tert-OH is 1. The highest BCUT2D eigenvalue weighted by Crippen LogP contribution is 2.18. The Hall–Kier alpha value is -1.95. The number of nitrogens with one attached hydrogen (secondary N) is 1. The molecule has 2 N–H and O–H groups in total. The Morgan fingerprint density at radius 3 is 2.52 bits per heavy atom. The largest absolute Gasteiger partial charge is 0.395 e. The monoisotopic (exact) mass is 341 g/mol. The third-order valence-electron chi connectivity index (χ3n) is 4.84. The normalized spacial score (nSPS) is 16.2. The number of hydrogen-bond donors (Lipinski definition) is 2. The summed E-state index contributed by atoms with van der Waals surface area (Å²) >= 11 is 0. The van der Waals surface area contributed by atoms with Crippen LogP contribution in [0.25, 0.3) is 10.8 Å². The molecule has 1 heterocycles. The average molecular weight is 341 g/mol. The summed E-state index contributed by atoms with van der Waals surface area (Å²) in [7, 11) is 0. The number of benzene rings is 2. The highest BCUT2D eigenvalue weighted by atomic mass is 16.3. The number of hydrogen-bond acceptors (Lipinski definition) is 4. The van der Waals surface area contributed by atoms with Crippen LogP contribution in [0.4, 0.5) is 0 Å². The van der Waals surface area contributed by atoms with Gasteiger partial charge in [-0.3, -0.25) is 14.6 Å². The second kappa shape index (κ2) is 8.94. The van der Waals surface area contributed by atoms with Crippen LogP contribution in [0.3, 0.4) is 0 Å². The van der Waals surface area contributed by atoms with Crippen molar-refractivity contribution in [2.75, 3.05) is 52.4 Å². The van der Waals surface area contributed by atoms with Crippen LogP contribution in [0.2, 0.25) is 0 Å². The molecular weight excluding hydrogens is 314 g/mol. The molecule has 134 valence electrons. The van der Waals surface area contributed by atoms with Crippen molar-refractivity contribution in [1.29, 1.82) is 0 Å². The van der Waals surface area contributed by atoms with Crippen LogP contribution in [-0.4, -0.2) is 73.2 Å². The fourth-order valence-corrected chi connectivity index (χ4v) is 3.42. The number of β-amino-alcohol motifs (C(OH)–C–C–N with tert-alkyl or cyclic N) is 1. The van der Waals surface area contributed by atoms with Crippen molar-refractivity contribution in [2.24, 2.45) is 0 Å². The quantitative estimate of drug-likeness (QED) is 0.792. The topological polar surface area (TPSA) is 55.8 Å². The zero-order valence-electron chi connectivity index (χ0n) is 14.7. The fourth-order valence-electron chi connectivity index (χ4n) is 3.42. The van der Waals surface area contributed by atoms with Gasteiger partial charge in [-0.05, 0) is 22.8 Å². The minimum Gasteiger partial charge on any atom is -0.395 e. The first kappa shape index (κ1) is 17.9. The van der Waals surface area contributed by atoms with Gasteiger partial charge in [0.05, 0.1) is 13.2 Å². The van der Waals surface area contributed by atoms with Gasteiger partial charge >= 0.3 is 0 Å². The van der Waals surface area contributed by atoms with E-state index in [0.29, 0.717) is 13.1 Å². The smallest absolute Gasteiger partial charge is 0.234 e.